The first-order valence-corrected chi connectivity index (χ1v) is 4.60. The van der Waals surface area contributed by atoms with Gasteiger partial charge in [-0.1, -0.05) is 15.9 Å². The molecule has 5 nitrogen and oxygen atoms in total. The second kappa shape index (κ2) is 4.39. The molecule has 0 bridgehead atoms. The molecule has 0 aromatic heterocycles. The number of hydrogen-bond donors (Lipinski definition) is 1. The standard InChI is InChI=1S/C8H9BrN2O3/c1-14-8-5(4-10)2-6(9)3-7(8)11(12)13/h2-3H,4,10H2,1H3. The number of methoxy groups -OCH3 is 1. The second-order valence-corrected chi connectivity index (χ2v) is 3.49. The molecule has 0 fully saturated rings. The number of nitro groups is 1. The fourth-order valence-corrected chi connectivity index (χ4v) is 1.65. The fourth-order valence-electron chi connectivity index (χ4n) is 1.16. The van der Waals surface area contributed by atoms with Crippen molar-refractivity contribution in [1.82, 2.24) is 0 Å². The topological polar surface area (TPSA) is 78.4 Å². The Kier molecular flexibility index (Phi) is 3.43. The van der Waals surface area contributed by atoms with E-state index in [0.29, 0.717) is 10.0 Å². The highest BCUT2D eigenvalue weighted by atomic mass is 79.9. The molecule has 1 rings (SSSR count). The molecule has 0 aliphatic heterocycles. The highest BCUT2D eigenvalue weighted by Crippen LogP contribution is 2.33. The van der Waals surface area contributed by atoms with Crippen LogP contribution in [0.25, 0.3) is 0 Å². The average molecular weight is 261 g/mol. The molecule has 0 aliphatic rings. The van der Waals surface area contributed by atoms with Crippen molar-refractivity contribution >= 4 is 21.6 Å². The Labute approximate surface area is 89.1 Å². The van der Waals surface area contributed by atoms with Crippen LogP contribution in [0.2, 0.25) is 0 Å². The average Bonchev–Trinajstić information content (AvgIpc) is 2.16. The molecule has 0 spiro atoms. The zero-order chi connectivity index (χ0) is 10.7. The lowest BCUT2D eigenvalue weighted by molar-refractivity contribution is -0.385. The minimum absolute atomic E-state index is 0.0812. The smallest absolute Gasteiger partial charge is 0.312 e. The summed E-state index contributed by atoms with van der Waals surface area (Å²) in [5.74, 6) is 0.223. The molecule has 0 saturated carbocycles. The lowest BCUT2D eigenvalue weighted by Gasteiger charge is -2.07. The quantitative estimate of drug-likeness (QED) is 0.664. The van der Waals surface area contributed by atoms with Crippen LogP contribution in [0.5, 0.6) is 5.75 Å². The van der Waals surface area contributed by atoms with E-state index >= 15 is 0 Å². The molecule has 0 atom stereocenters. The molecule has 2 N–H and O–H groups in total. The van der Waals surface area contributed by atoms with Gasteiger partial charge in [-0.3, -0.25) is 10.1 Å². The molecule has 0 radical (unpaired) electrons. The van der Waals surface area contributed by atoms with E-state index in [0.717, 1.165) is 0 Å². The minimum atomic E-state index is -0.497. The Morgan fingerprint density at radius 2 is 2.29 bits per heavy atom. The number of nitro benzene ring substituents is 1. The van der Waals surface area contributed by atoms with Crippen molar-refractivity contribution in [3.8, 4) is 5.75 Å². The summed E-state index contributed by atoms with van der Waals surface area (Å²) in [7, 11) is 1.38. The van der Waals surface area contributed by atoms with Crippen LogP contribution in [0.3, 0.4) is 0 Å². The van der Waals surface area contributed by atoms with Crippen LogP contribution >= 0.6 is 15.9 Å². The van der Waals surface area contributed by atoms with Crippen molar-refractivity contribution in [2.75, 3.05) is 7.11 Å². The van der Waals surface area contributed by atoms with Crippen LogP contribution in [0, 0.1) is 10.1 Å². The largest absolute Gasteiger partial charge is 0.490 e. The van der Waals surface area contributed by atoms with E-state index in [1.165, 1.54) is 13.2 Å². The maximum atomic E-state index is 10.7. The normalized spacial score (nSPS) is 9.93. The number of rotatable bonds is 3. The number of nitrogens with two attached hydrogens (primary N) is 1. The van der Waals surface area contributed by atoms with Crippen molar-refractivity contribution in [2.24, 2.45) is 5.73 Å². The molecule has 76 valence electrons. The predicted octanol–water partition coefficient (Wildman–Crippen LogP) is 1.82. The van der Waals surface area contributed by atoms with Gasteiger partial charge in [0.15, 0.2) is 0 Å². The molecule has 0 unspecified atom stereocenters. The Hall–Kier alpha value is -1.14. The molecule has 0 amide bonds. The molecule has 0 heterocycles. The van der Waals surface area contributed by atoms with Crippen LogP contribution in [-0.4, -0.2) is 12.0 Å². The van der Waals surface area contributed by atoms with Crippen LogP contribution < -0.4 is 10.5 Å². The third-order valence-corrected chi connectivity index (χ3v) is 2.19. The number of halogens is 1. The van der Waals surface area contributed by atoms with Crippen LogP contribution in [0.4, 0.5) is 5.69 Å². The highest BCUT2D eigenvalue weighted by Gasteiger charge is 2.18. The number of ether oxygens (including phenoxy) is 1. The maximum absolute atomic E-state index is 10.7. The van der Waals surface area contributed by atoms with Crippen LogP contribution in [-0.2, 0) is 6.54 Å². The molecule has 1 aromatic rings. The van der Waals surface area contributed by atoms with Crippen molar-refractivity contribution in [1.29, 1.82) is 0 Å². The van der Waals surface area contributed by atoms with E-state index in [-0.39, 0.29) is 18.0 Å². The van der Waals surface area contributed by atoms with Crippen molar-refractivity contribution in [3.05, 3.63) is 32.3 Å². The van der Waals surface area contributed by atoms with E-state index < -0.39 is 4.92 Å². The lowest BCUT2D eigenvalue weighted by Crippen LogP contribution is -2.03. The zero-order valence-electron chi connectivity index (χ0n) is 7.49. The van der Waals surface area contributed by atoms with E-state index in [9.17, 15) is 10.1 Å². The van der Waals surface area contributed by atoms with Gasteiger partial charge in [0, 0.05) is 22.6 Å². The molecule has 6 heteroatoms. The van der Waals surface area contributed by atoms with Gasteiger partial charge >= 0.3 is 5.69 Å². The van der Waals surface area contributed by atoms with Crippen molar-refractivity contribution in [3.63, 3.8) is 0 Å². The monoisotopic (exact) mass is 260 g/mol. The Morgan fingerprint density at radius 1 is 1.64 bits per heavy atom. The summed E-state index contributed by atoms with van der Waals surface area (Å²) in [5, 5.41) is 10.7. The Bertz CT molecular complexity index is 368. The predicted molar refractivity (Wildman–Crippen MR) is 55.2 cm³/mol. The van der Waals surface area contributed by atoms with E-state index in [2.05, 4.69) is 15.9 Å². The van der Waals surface area contributed by atoms with Crippen molar-refractivity contribution < 1.29 is 9.66 Å². The van der Waals surface area contributed by atoms with Crippen molar-refractivity contribution in [2.45, 2.75) is 6.54 Å². The van der Waals surface area contributed by atoms with Gasteiger partial charge in [-0.2, -0.15) is 0 Å². The lowest BCUT2D eigenvalue weighted by atomic mass is 10.2. The number of hydrogen-bond acceptors (Lipinski definition) is 4. The second-order valence-electron chi connectivity index (χ2n) is 2.58. The fraction of sp³-hybridized carbons (Fsp3) is 0.250. The van der Waals surface area contributed by atoms with E-state index in [1.54, 1.807) is 6.07 Å². The van der Waals surface area contributed by atoms with Crippen LogP contribution in [0.15, 0.2) is 16.6 Å². The molecular formula is C8H9BrN2O3. The SMILES string of the molecule is COc1c(CN)cc(Br)cc1[N+](=O)[O-]. The van der Waals surface area contributed by atoms with Gasteiger partial charge in [0.1, 0.15) is 0 Å². The van der Waals surface area contributed by atoms with Gasteiger partial charge < -0.3 is 10.5 Å². The molecule has 0 aliphatic carbocycles. The summed E-state index contributed by atoms with van der Waals surface area (Å²) in [6, 6.07) is 3.09. The zero-order valence-corrected chi connectivity index (χ0v) is 9.08. The summed E-state index contributed by atoms with van der Waals surface area (Å²) in [6.07, 6.45) is 0. The summed E-state index contributed by atoms with van der Waals surface area (Å²) in [6.45, 7) is 0.198. The maximum Gasteiger partial charge on any atom is 0.312 e. The first-order chi connectivity index (χ1) is 6.60. The first kappa shape index (κ1) is 10.9. The van der Waals surface area contributed by atoms with Gasteiger partial charge in [0.2, 0.25) is 5.75 Å². The molecule has 0 saturated heterocycles. The highest BCUT2D eigenvalue weighted by molar-refractivity contribution is 9.10. The molecule has 14 heavy (non-hydrogen) atoms. The van der Waals surface area contributed by atoms with Crippen LogP contribution in [0.1, 0.15) is 5.56 Å². The number of nitrogens with zero attached hydrogens (tertiary/aromatic N) is 1. The summed E-state index contributed by atoms with van der Waals surface area (Å²) in [4.78, 5) is 10.2. The summed E-state index contributed by atoms with van der Waals surface area (Å²) in [5.41, 5.74) is 5.96. The number of benzene rings is 1. The minimum Gasteiger partial charge on any atom is -0.490 e. The van der Waals surface area contributed by atoms with Gasteiger partial charge in [-0.15, -0.1) is 0 Å². The summed E-state index contributed by atoms with van der Waals surface area (Å²) < 4.78 is 5.56. The van der Waals surface area contributed by atoms with Gasteiger partial charge in [0.25, 0.3) is 0 Å². The summed E-state index contributed by atoms with van der Waals surface area (Å²) >= 11 is 3.17. The third-order valence-electron chi connectivity index (χ3n) is 1.73. The van der Waals surface area contributed by atoms with Gasteiger partial charge in [0.05, 0.1) is 12.0 Å². The molecule has 1 aromatic carbocycles. The first-order valence-electron chi connectivity index (χ1n) is 3.81. The Balaban J connectivity index is 3.39. The van der Waals surface area contributed by atoms with Gasteiger partial charge in [-0.05, 0) is 6.07 Å². The Morgan fingerprint density at radius 3 is 2.71 bits per heavy atom. The van der Waals surface area contributed by atoms with E-state index in [4.69, 9.17) is 10.5 Å². The van der Waals surface area contributed by atoms with E-state index in [1.807, 2.05) is 0 Å². The third kappa shape index (κ3) is 2.02. The molecular weight excluding hydrogens is 252 g/mol. The van der Waals surface area contributed by atoms with Gasteiger partial charge in [-0.25, -0.2) is 0 Å².